The second-order valence-corrected chi connectivity index (χ2v) is 9.17. The van der Waals surface area contributed by atoms with E-state index in [0.29, 0.717) is 37.5 Å². The lowest BCUT2D eigenvalue weighted by Crippen LogP contribution is -2.48. The van der Waals surface area contributed by atoms with Crippen molar-refractivity contribution in [2.45, 2.75) is 31.2 Å². The predicted molar refractivity (Wildman–Crippen MR) is 129 cm³/mol. The Morgan fingerprint density at radius 1 is 1.06 bits per heavy atom. The van der Waals surface area contributed by atoms with Crippen molar-refractivity contribution < 1.29 is 22.7 Å². The van der Waals surface area contributed by atoms with Crippen LogP contribution in [-0.2, 0) is 6.54 Å². The molecule has 0 bridgehead atoms. The van der Waals surface area contributed by atoms with Crippen molar-refractivity contribution >= 4 is 11.7 Å². The molecule has 0 unspecified atom stereocenters. The number of anilines is 1. The molecule has 0 aliphatic carbocycles. The second-order valence-electron chi connectivity index (χ2n) is 9.17. The van der Waals surface area contributed by atoms with E-state index in [0.717, 1.165) is 11.2 Å². The zero-order valence-electron chi connectivity index (χ0n) is 19.9. The predicted octanol–water partition coefficient (Wildman–Crippen LogP) is 4.51. The van der Waals surface area contributed by atoms with Gasteiger partial charge in [0, 0.05) is 39.1 Å². The van der Waals surface area contributed by atoms with Gasteiger partial charge in [0.2, 0.25) is 0 Å². The molecule has 2 atom stereocenters. The highest BCUT2D eigenvalue weighted by atomic mass is 19.4. The monoisotopic (exact) mass is 499 g/mol. The Hall–Kier alpha value is -3.53. The molecule has 7 nitrogen and oxygen atoms in total. The van der Waals surface area contributed by atoms with Gasteiger partial charge in [-0.15, -0.1) is 0 Å². The highest BCUT2D eigenvalue weighted by molar-refractivity contribution is 5.99. The molecule has 3 heterocycles. The quantitative estimate of drug-likeness (QED) is 0.560. The van der Waals surface area contributed by atoms with E-state index in [-0.39, 0.29) is 23.7 Å². The van der Waals surface area contributed by atoms with Crippen molar-refractivity contribution in [1.82, 2.24) is 19.6 Å². The first-order valence-electron chi connectivity index (χ1n) is 11.9. The number of fused-ring (bicyclic) bond motifs is 1. The molecule has 3 aromatic rings. The third-order valence-corrected chi connectivity index (χ3v) is 6.90. The Kier molecular flexibility index (Phi) is 6.61. The molecule has 1 fully saturated rings. The van der Waals surface area contributed by atoms with Gasteiger partial charge in [-0.3, -0.25) is 9.69 Å². The summed E-state index contributed by atoms with van der Waals surface area (Å²) in [4.78, 5) is 17.4. The molecular weight excluding hydrogens is 471 g/mol. The number of nitrogens with one attached hydrogen (secondary N) is 1. The van der Waals surface area contributed by atoms with Crippen LogP contribution in [0.1, 0.15) is 40.0 Å². The summed E-state index contributed by atoms with van der Waals surface area (Å²) in [5.41, 5.74) is 2.05. The van der Waals surface area contributed by atoms with Crippen LogP contribution in [0.25, 0.3) is 0 Å². The van der Waals surface area contributed by atoms with E-state index in [9.17, 15) is 18.0 Å². The molecule has 36 heavy (non-hydrogen) atoms. The van der Waals surface area contributed by atoms with Crippen LogP contribution < -0.4 is 10.1 Å². The number of hydrogen-bond donors (Lipinski definition) is 1. The molecule has 1 aromatic heterocycles. The van der Waals surface area contributed by atoms with Gasteiger partial charge < -0.3 is 15.0 Å². The van der Waals surface area contributed by atoms with Gasteiger partial charge in [0.05, 0.1) is 19.3 Å². The lowest BCUT2D eigenvalue weighted by atomic mass is 9.96. The minimum Gasteiger partial charge on any atom is -0.497 e. The number of nitrogens with zero attached hydrogens (tertiary/aromatic N) is 4. The molecule has 2 aromatic carbocycles. The van der Waals surface area contributed by atoms with Gasteiger partial charge in [-0.2, -0.15) is 18.3 Å². The Labute approximate surface area is 207 Å². The number of rotatable bonds is 5. The fourth-order valence-corrected chi connectivity index (χ4v) is 4.89. The number of hydrogen-bond acceptors (Lipinski definition) is 5. The molecule has 1 amide bonds. The highest BCUT2D eigenvalue weighted by Gasteiger charge is 2.47. The summed E-state index contributed by atoms with van der Waals surface area (Å²) >= 11 is 0. The lowest BCUT2D eigenvalue weighted by molar-refractivity contribution is -0.173. The molecule has 1 saturated heterocycles. The highest BCUT2D eigenvalue weighted by Crippen LogP contribution is 2.44. The summed E-state index contributed by atoms with van der Waals surface area (Å²) in [6, 6.07) is 14.6. The van der Waals surface area contributed by atoms with E-state index in [1.165, 1.54) is 18.9 Å². The third-order valence-electron chi connectivity index (χ3n) is 6.90. The van der Waals surface area contributed by atoms with E-state index in [1.54, 1.807) is 29.2 Å². The van der Waals surface area contributed by atoms with Crippen LogP contribution >= 0.6 is 0 Å². The second kappa shape index (κ2) is 9.85. The van der Waals surface area contributed by atoms with E-state index in [4.69, 9.17) is 4.74 Å². The van der Waals surface area contributed by atoms with Crippen LogP contribution in [0, 0.1) is 0 Å². The number of amides is 1. The largest absolute Gasteiger partial charge is 0.497 e. The van der Waals surface area contributed by atoms with Crippen LogP contribution in [-0.4, -0.2) is 65.0 Å². The van der Waals surface area contributed by atoms with Crippen molar-refractivity contribution in [1.29, 1.82) is 0 Å². The van der Waals surface area contributed by atoms with Crippen molar-refractivity contribution in [3.63, 3.8) is 0 Å². The summed E-state index contributed by atoms with van der Waals surface area (Å²) in [5.74, 6) is 0.426. The summed E-state index contributed by atoms with van der Waals surface area (Å²) < 4.78 is 48.1. The number of piperazine rings is 1. The number of alkyl halides is 3. The van der Waals surface area contributed by atoms with E-state index >= 15 is 0 Å². The van der Waals surface area contributed by atoms with Gasteiger partial charge in [0.15, 0.2) is 6.04 Å². The maximum absolute atomic E-state index is 14.0. The van der Waals surface area contributed by atoms with Gasteiger partial charge in [0.25, 0.3) is 5.91 Å². The topological polar surface area (TPSA) is 62.6 Å². The Balaban J connectivity index is 1.34. The van der Waals surface area contributed by atoms with Crippen molar-refractivity contribution in [2.75, 3.05) is 38.6 Å². The Bertz CT molecular complexity index is 1190. The van der Waals surface area contributed by atoms with E-state index in [2.05, 4.69) is 27.4 Å². The molecule has 0 spiro atoms. The fourth-order valence-electron chi connectivity index (χ4n) is 4.89. The number of carbonyl (C=O) groups is 1. The third kappa shape index (κ3) is 4.90. The first kappa shape index (κ1) is 24.2. The maximum atomic E-state index is 14.0. The Morgan fingerprint density at radius 3 is 2.39 bits per heavy atom. The molecule has 0 saturated carbocycles. The van der Waals surface area contributed by atoms with Crippen molar-refractivity contribution in [3.05, 3.63) is 77.5 Å². The average molecular weight is 500 g/mol. The molecular formula is C26H28F3N5O2. The summed E-state index contributed by atoms with van der Waals surface area (Å²) in [6.45, 7) is 3.18. The average Bonchev–Trinajstić information content (AvgIpc) is 3.32. The minimum absolute atomic E-state index is 0.112. The molecule has 1 N–H and O–H groups in total. The first-order valence-corrected chi connectivity index (χ1v) is 11.9. The van der Waals surface area contributed by atoms with Crippen LogP contribution in [0.15, 0.2) is 60.8 Å². The maximum Gasteiger partial charge on any atom is 0.410 e. The smallest absolute Gasteiger partial charge is 0.410 e. The summed E-state index contributed by atoms with van der Waals surface area (Å²) in [5, 5.41) is 7.17. The molecule has 2 aliphatic heterocycles. The van der Waals surface area contributed by atoms with Crippen LogP contribution in [0.2, 0.25) is 0 Å². The molecule has 2 aliphatic rings. The number of carbonyl (C=O) groups excluding carboxylic acids is 1. The normalized spacial score (nSPS) is 20.5. The van der Waals surface area contributed by atoms with Gasteiger partial charge in [-0.1, -0.05) is 42.5 Å². The molecule has 5 rings (SSSR count). The van der Waals surface area contributed by atoms with Gasteiger partial charge in [-0.05, 0) is 23.3 Å². The van der Waals surface area contributed by atoms with Gasteiger partial charge in [0.1, 0.15) is 17.1 Å². The zero-order chi connectivity index (χ0) is 25.3. The standard InChI is InChI=1S/C26H28F3N5O2/c1-36-20-9-7-19(8-10-20)22-15-23(26(27,28)29)34-24(31-22)21(16-30-34)25(35)33-13-11-32(12-14-33)17-18-5-3-2-4-6-18/h2-10,16,22-23,31H,11-15,17H2,1H3/t22-,23-/m0/s1. The van der Waals surface area contributed by atoms with Gasteiger partial charge >= 0.3 is 6.18 Å². The van der Waals surface area contributed by atoms with Crippen molar-refractivity contribution in [3.8, 4) is 5.75 Å². The fraction of sp³-hybridized carbons (Fsp3) is 0.385. The number of halogens is 3. The van der Waals surface area contributed by atoms with Crippen LogP contribution in [0.5, 0.6) is 5.75 Å². The molecule has 0 radical (unpaired) electrons. The summed E-state index contributed by atoms with van der Waals surface area (Å²) in [7, 11) is 1.53. The SMILES string of the molecule is COc1ccc([C@@H]2C[C@@H](C(F)(F)F)n3ncc(C(=O)N4CCN(Cc5ccccc5)CC4)c3N2)cc1. The molecule has 10 heteroatoms. The lowest BCUT2D eigenvalue weighted by Gasteiger charge is -2.36. The minimum atomic E-state index is -4.50. The number of methoxy groups -OCH3 is 1. The zero-order valence-corrected chi connectivity index (χ0v) is 19.9. The van der Waals surface area contributed by atoms with Crippen LogP contribution in [0.3, 0.4) is 0 Å². The van der Waals surface area contributed by atoms with Crippen LogP contribution in [0.4, 0.5) is 19.0 Å². The number of aromatic nitrogens is 2. The summed E-state index contributed by atoms with van der Waals surface area (Å²) in [6.07, 6.45) is -3.47. The van der Waals surface area contributed by atoms with E-state index in [1.807, 2.05) is 18.2 Å². The Morgan fingerprint density at radius 2 is 1.75 bits per heavy atom. The van der Waals surface area contributed by atoms with Gasteiger partial charge in [-0.25, -0.2) is 4.68 Å². The molecule has 190 valence electrons. The number of ether oxygens (including phenoxy) is 1. The van der Waals surface area contributed by atoms with Crippen molar-refractivity contribution in [2.24, 2.45) is 0 Å². The van der Waals surface area contributed by atoms with E-state index < -0.39 is 18.3 Å². The number of benzene rings is 2. The first-order chi connectivity index (χ1) is 17.3.